The first kappa shape index (κ1) is 13.0. The lowest BCUT2D eigenvalue weighted by molar-refractivity contribution is -0.142. The van der Waals surface area contributed by atoms with Gasteiger partial charge in [-0.25, -0.2) is 0 Å². The molecule has 0 aliphatic heterocycles. The lowest BCUT2D eigenvalue weighted by atomic mass is 9.86. The van der Waals surface area contributed by atoms with Crippen LogP contribution in [0.25, 0.3) is 0 Å². The van der Waals surface area contributed by atoms with Crippen molar-refractivity contribution >= 4 is 5.97 Å². The average Bonchev–Trinajstić information content (AvgIpc) is 2.38. The second kappa shape index (κ2) is 5.91. The molecule has 5 nitrogen and oxygen atoms in total. The molecule has 1 heterocycles. The molecule has 1 aromatic heterocycles. The fourth-order valence-electron chi connectivity index (χ4n) is 2.30. The summed E-state index contributed by atoms with van der Waals surface area (Å²) in [5.74, 6) is -0.805. The van der Waals surface area contributed by atoms with Crippen molar-refractivity contribution in [1.82, 2.24) is 15.3 Å². The lowest BCUT2D eigenvalue weighted by Gasteiger charge is -2.26. The number of aromatic nitrogens is 2. The van der Waals surface area contributed by atoms with E-state index in [1.54, 1.807) is 12.4 Å². The predicted octanol–water partition coefficient (Wildman–Crippen LogP) is 1.52. The SMILES string of the molecule is Cc1cnc(CNC2CCC(C(=O)O)CC2)cn1. The molecular weight excluding hydrogens is 230 g/mol. The normalized spacial score (nSPS) is 23.8. The fraction of sp³-hybridized carbons (Fsp3) is 0.615. The predicted molar refractivity (Wildman–Crippen MR) is 67.0 cm³/mol. The summed E-state index contributed by atoms with van der Waals surface area (Å²) in [5, 5.41) is 12.3. The molecule has 1 aromatic rings. The highest BCUT2D eigenvalue weighted by Crippen LogP contribution is 2.24. The number of aryl methyl sites for hydroxylation is 1. The molecule has 0 unspecified atom stereocenters. The van der Waals surface area contributed by atoms with Crippen molar-refractivity contribution in [3.63, 3.8) is 0 Å². The smallest absolute Gasteiger partial charge is 0.306 e. The molecule has 0 aromatic carbocycles. The van der Waals surface area contributed by atoms with Crippen LogP contribution in [0, 0.1) is 12.8 Å². The average molecular weight is 249 g/mol. The molecule has 1 aliphatic carbocycles. The summed E-state index contributed by atoms with van der Waals surface area (Å²) in [5.41, 5.74) is 1.85. The summed E-state index contributed by atoms with van der Waals surface area (Å²) >= 11 is 0. The zero-order valence-corrected chi connectivity index (χ0v) is 10.6. The van der Waals surface area contributed by atoms with Crippen molar-refractivity contribution in [3.8, 4) is 0 Å². The first-order valence-electron chi connectivity index (χ1n) is 6.39. The maximum absolute atomic E-state index is 10.8. The van der Waals surface area contributed by atoms with Crippen LogP contribution in [0.2, 0.25) is 0 Å². The van der Waals surface area contributed by atoms with Crippen LogP contribution in [-0.2, 0) is 11.3 Å². The van der Waals surface area contributed by atoms with Gasteiger partial charge in [0.05, 0.1) is 17.3 Å². The monoisotopic (exact) mass is 249 g/mol. The maximum atomic E-state index is 10.8. The minimum absolute atomic E-state index is 0.151. The van der Waals surface area contributed by atoms with Gasteiger partial charge in [-0.1, -0.05) is 0 Å². The van der Waals surface area contributed by atoms with E-state index in [1.165, 1.54) is 0 Å². The number of rotatable bonds is 4. The van der Waals surface area contributed by atoms with Crippen molar-refractivity contribution in [3.05, 3.63) is 23.8 Å². The molecule has 2 N–H and O–H groups in total. The molecule has 2 rings (SSSR count). The summed E-state index contributed by atoms with van der Waals surface area (Å²) < 4.78 is 0. The topological polar surface area (TPSA) is 75.1 Å². The fourth-order valence-corrected chi connectivity index (χ4v) is 2.30. The lowest BCUT2D eigenvalue weighted by Crippen LogP contribution is -2.34. The van der Waals surface area contributed by atoms with E-state index in [-0.39, 0.29) is 5.92 Å². The van der Waals surface area contributed by atoms with Gasteiger partial charge in [-0.3, -0.25) is 14.8 Å². The van der Waals surface area contributed by atoms with Crippen LogP contribution in [-0.4, -0.2) is 27.1 Å². The molecule has 18 heavy (non-hydrogen) atoms. The van der Waals surface area contributed by atoms with E-state index in [0.29, 0.717) is 12.6 Å². The zero-order valence-electron chi connectivity index (χ0n) is 10.6. The minimum Gasteiger partial charge on any atom is -0.481 e. The van der Waals surface area contributed by atoms with E-state index >= 15 is 0 Å². The van der Waals surface area contributed by atoms with Gasteiger partial charge in [0.15, 0.2) is 0 Å². The molecule has 0 bridgehead atoms. The van der Waals surface area contributed by atoms with Crippen molar-refractivity contribution in [2.45, 2.75) is 45.2 Å². The summed E-state index contributed by atoms with van der Waals surface area (Å²) in [7, 11) is 0. The van der Waals surface area contributed by atoms with Gasteiger partial charge in [0.1, 0.15) is 0 Å². The molecule has 5 heteroatoms. The number of hydrogen-bond donors (Lipinski definition) is 2. The van der Waals surface area contributed by atoms with Gasteiger partial charge in [0.2, 0.25) is 0 Å². The van der Waals surface area contributed by atoms with Gasteiger partial charge in [-0.05, 0) is 32.6 Å². The third-order valence-electron chi connectivity index (χ3n) is 3.48. The van der Waals surface area contributed by atoms with Crippen LogP contribution >= 0.6 is 0 Å². The van der Waals surface area contributed by atoms with Crippen LogP contribution in [0.3, 0.4) is 0 Å². The van der Waals surface area contributed by atoms with E-state index in [0.717, 1.165) is 37.1 Å². The van der Waals surface area contributed by atoms with Gasteiger partial charge in [-0.2, -0.15) is 0 Å². The largest absolute Gasteiger partial charge is 0.481 e. The summed E-state index contributed by atoms with van der Waals surface area (Å²) in [4.78, 5) is 19.3. The molecular formula is C13H19N3O2. The number of nitrogens with one attached hydrogen (secondary N) is 1. The quantitative estimate of drug-likeness (QED) is 0.846. The van der Waals surface area contributed by atoms with Gasteiger partial charge in [0, 0.05) is 25.0 Å². The molecule has 1 aliphatic rings. The summed E-state index contributed by atoms with van der Waals surface area (Å²) in [6.45, 7) is 2.62. The highest BCUT2D eigenvalue weighted by molar-refractivity contribution is 5.70. The van der Waals surface area contributed by atoms with Crippen LogP contribution in [0.5, 0.6) is 0 Å². The highest BCUT2D eigenvalue weighted by atomic mass is 16.4. The van der Waals surface area contributed by atoms with Crippen LogP contribution < -0.4 is 5.32 Å². The zero-order chi connectivity index (χ0) is 13.0. The molecule has 0 saturated heterocycles. The molecule has 1 saturated carbocycles. The Balaban J connectivity index is 1.75. The number of carbonyl (C=O) groups is 1. The Kier molecular flexibility index (Phi) is 4.25. The molecule has 98 valence electrons. The van der Waals surface area contributed by atoms with Gasteiger partial charge in [-0.15, -0.1) is 0 Å². The van der Waals surface area contributed by atoms with E-state index < -0.39 is 5.97 Å². The van der Waals surface area contributed by atoms with E-state index in [2.05, 4.69) is 15.3 Å². The van der Waals surface area contributed by atoms with Gasteiger partial charge < -0.3 is 10.4 Å². The maximum Gasteiger partial charge on any atom is 0.306 e. The summed E-state index contributed by atoms with van der Waals surface area (Å²) in [6, 6.07) is 0.406. The second-order valence-electron chi connectivity index (χ2n) is 4.92. The first-order valence-corrected chi connectivity index (χ1v) is 6.39. The Labute approximate surface area is 107 Å². The minimum atomic E-state index is -0.655. The third-order valence-corrected chi connectivity index (χ3v) is 3.48. The Bertz CT molecular complexity index is 397. The van der Waals surface area contributed by atoms with Crippen molar-refractivity contribution in [1.29, 1.82) is 0 Å². The molecule has 0 spiro atoms. The van der Waals surface area contributed by atoms with Crippen molar-refractivity contribution < 1.29 is 9.90 Å². The Morgan fingerprint density at radius 3 is 2.61 bits per heavy atom. The molecule has 0 atom stereocenters. The third kappa shape index (κ3) is 3.50. The summed E-state index contributed by atoms with van der Waals surface area (Å²) in [6.07, 6.45) is 6.94. The van der Waals surface area contributed by atoms with E-state index in [1.807, 2.05) is 6.92 Å². The molecule has 0 amide bonds. The van der Waals surface area contributed by atoms with Gasteiger partial charge in [0.25, 0.3) is 0 Å². The molecule has 0 radical (unpaired) electrons. The van der Waals surface area contributed by atoms with Crippen molar-refractivity contribution in [2.75, 3.05) is 0 Å². The number of carboxylic acids is 1. The Hall–Kier alpha value is -1.49. The number of hydrogen-bond acceptors (Lipinski definition) is 4. The Morgan fingerprint density at radius 2 is 2.06 bits per heavy atom. The van der Waals surface area contributed by atoms with Crippen molar-refractivity contribution in [2.24, 2.45) is 5.92 Å². The van der Waals surface area contributed by atoms with Crippen LogP contribution in [0.15, 0.2) is 12.4 Å². The van der Waals surface area contributed by atoms with Crippen LogP contribution in [0.1, 0.15) is 37.1 Å². The Morgan fingerprint density at radius 1 is 1.33 bits per heavy atom. The second-order valence-corrected chi connectivity index (χ2v) is 4.92. The van der Waals surface area contributed by atoms with Gasteiger partial charge >= 0.3 is 5.97 Å². The number of nitrogens with zero attached hydrogens (tertiary/aromatic N) is 2. The number of carboxylic acid groups (broad SMARTS) is 1. The standard InChI is InChI=1S/C13H19N3O2/c1-9-6-15-12(7-14-9)8-16-11-4-2-10(3-5-11)13(17)18/h6-7,10-11,16H,2-5,8H2,1H3,(H,17,18). The number of aliphatic carboxylic acids is 1. The molecule has 1 fully saturated rings. The van der Waals surface area contributed by atoms with E-state index in [9.17, 15) is 4.79 Å². The van der Waals surface area contributed by atoms with E-state index in [4.69, 9.17) is 5.11 Å². The first-order chi connectivity index (χ1) is 8.65. The van der Waals surface area contributed by atoms with Crippen LogP contribution in [0.4, 0.5) is 0 Å². The highest BCUT2D eigenvalue weighted by Gasteiger charge is 2.25.